The molecule has 1 atom stereocenters. The van der Waals surface area contributed by atoms with Gasteiger partial charge >= 0.3 is 0 Å². The van der Waals surface area contributed by atoms with Crippen LogP contribution in [0.5, 0.6) is 0 Å². The first-order chi connectivity index (χ1) is 5.84. The van der Waals surface area contributed by atoms with E-state index in [-0.39, 0.29) is 6.54 Å². The Morgan fingerprint density at radius 2 is 2.08 bits per heavy atom. The molecular formula is C9H11NO2. The van der Waals surface area contributed by atoms with E-state index < -0.39 is 6.10 Å². The van der Waals surface area contributed by atoms with Gasteiger partial charge in [0, 0.05) is 6.54 Å². The second kappa shape index (κ2) is 4.51. The Hall–Kier alpha value is -1.35. The zero-order valence-corrected chi connectivity index (χ0v) is 6.60. The third-order valence-corrected chi connectivity index (χ3v) is 1.58. The molecular weight excluding hydrogens is 154 g/mol. The monoisotopic (exact) mass is 165 g/mol. The minimum atomic E-state index is -0.614. The number of carbonyl (C=O) groups is 1. The standard InChI is InChI=1S/C9H11NO2/c11-7-10-6-9(12)8-4-2-1-3-5-8/h1-5,7,9,12H,6H2,(H,10,11)/t9-/m1/s1. The highest BCUT2D eigenvalue weighted by molar-refractivity contribution is 5.46. The molecule has 0 fully saturated rings. The van der Waals surface area contributed by atoms with Gasteiger partial charge in [0.25, 0.3) is 0 Å². The molecule has 12 heavy (non-hydrogen) atoms. The summed E-state index contributed by atoms with van der Waals surface area (Å²) in [7, 11) is 0. The van der Waals surface area contributed by atoms with Crippen LogP contribution in [0.3, 0.4) is 0 Å². The van der Waals surface area contributed by atoms with Crippen molar-refractivity contribution in [1.82, 2.24) is 5.32 Å². The van der Waals surface area contributed by atoms with E-state index in [1.165, 1.54) is 0 Å². The molecule has 0 unspecified atom stereocenters. The van der Waals surface area contributed by atoms with Crippen molar-refractivity contribution in [2.45, 2.75) is 6.10 Å². The minimum absolute atomic E-state index is 0.257. The van der Waals surface area contributed by atoms with Crippen LogP contribution in [0.2, 0.25) is 0 Å². The van der Waals surface area contributed by atoms with E-state index in [0.717, 1.165) is 5.56 Å². The number of amides is 1. The molecule has 0 heterocycles. The fraction of sp³-hybridized carbons (Fsp3) is 0.222. The number of carbonyl (C=O) groups excluding carboxylic acids is 1. The highest BCUT2D eigenvalue weighted by atomic mass is 16.3. The average Bonchev–Trinajstić information content (AvgIpc) is 2.15. The van der Waals surface area contributed by atoms with Gasteiger partial charge in [0.1, 0.15) is 0 Å². The highest BCUT2D eigenvalue weighted by Crippen LogP contribution is 2.09. The van der Waals surface area contributed by atoms with Gasteiger partial charge in [0.15, 0.2) is 0 Å². The fourth-order valence-corrected chi connectivity index (χ4v) is 0.953. The molecule has 0 bridgehead atoms. The Morgan fingerprint density at radius 3 is 2.67 bits per heavy atom. The van der Waals surface area contributed by atoms with E-state index in [2.05, 4.69) is 5.32 Å². The Labute approximate surface area is 71.0 Å². The predicted molar refractivity (Wildman–Crippen MR) is 45.5 cm³/mol. The van der Waals surface area contributed by atoms with Crippen molar-refractivity contribution in [2.75, 3.05) is 6.54 Å². The van der Waals surface area contributed by atoms with Crippen LogP contribution < -0.4 is 5.32 Å². The smallest absolute Gasteiger partial charge is 0.207 e. The molecule has 0 saturated heterocycles. The summed E-state index contributed by atoms with van der Waals surface area (Å²) in [6, 6.07) is 9.20. The first kappa shape index (κ1) is 8.74. The summed E-state index contributed by atoms with van der Waals surface area (Å²) in [6.07, 6.45) is -0.0389. The quantitative estimate of drug-likeness (QED) is 0.637. The zero-order chi connectivity index (χ0) is 8.81. The summed E-state index contributed by atoms with van der Waals surface area (Å²) in [5.41, 5.74) is 0.812. The van der Waals surface area contributed by atoms with Gasteiger partial charge in [-0.1, -0.05) is 30.3 Å². The molecule has 1 amide bonds. The van der Waals surface area contributed by atoms with Crippen LogP contribution >= 0.6 is 0 Å². The van der Waals surface area contributed by atoms with Gasteiger partial charge in [-0.2, -0.15) is 0 Å². The highest BCUT2D eigenvalue weighted by Gasteiger charge is 2.04. The number of hydrogen-bond acceptors (Lipinski definition) is 2. The Morgan fingerprint density at radius 1 is 1.42 bits per heavy atom. The molecule has 1 aromatic carbocycles. The molecule has 0 aliphatic heterocycles. The lowest BCUT2D eigenvalue weighted by molar-refractivity contribution is -0.109. The van der Waals surface area contributed by atoms with Crippen LogP contribution in [0, 0.1) is 0 Å². The Kier molecular flexibility index (Phi) is 3.29. The summed E-state index contributed by atoms with van der Waals surface area (Å²) in [6.45, 7) is 0.257. The third-order valence-electron chi connectivity index (χ3n) is 1.58. The van der Waals surface area contributed by atoms with Crippen molar-refractivity contribution in [1.29, 1.82) is 0 Å². The third kappa shape index (κ3) is 2.36. The molecule has 1 aromatic rings. The van der Waals surface area contributed by atoms with Crippen LogP contribution in [0.1, 0.15) is 11.7 Å². The first-order valence-corrected chi connectivity index (χ1v) is 3.74. The molecule has 3 heteroatoms. The summed E-state index contributed by atoms with van der Waals surface area (Å²) in [5, 5.41) is 11.8. The van der Waals surface area contributed by atoms with E-state index >= 15 is 0 Å². The maximum absolute atomic E-state index is 9.92. The maximum atomic E-state index is 9.92. The summed E-state index contributed by atoms with van der Waals surface area (Å²) in [4.78, 5) is 9.92. The topological polar surface area (TPSA) is 49.3 Å². The number of aliphatic hydroxyl groups excluding tert-OH is 1. The lowest BCUT2D eigenvalue weighted by atomic mass is 10.1. The van der Waals surface area contributed by atoms with Gasteiger partial charge in [-0.25, -0.2) is 0 Å². The summed E-state index contributed by atoms with van der Waals surface area (Å²) >= 11 is 0. The van der Waals surface area contributed by atoms with E-state index in [9.17, 15) is 9.90 Å². The zero-order valence-electron chi connectivity index (χ0n) is 6.60. The molecule has 1 rings (SSSR count). The molecule has 3 nitrogen and oxygen atoms in total. The lowest BCUT2D eigenvalue weighted by Crippen LogP contribution is -2.19. The molecule has 64 valence electrons. The van der Waals surface area contributed by atoms with Crippen LogP contribution in [-0.4, -0.2) is 18.1 Å². The van der Waals surface area contributed by atoms with Gasteiger partial charge < -0.3 is 10.4 Å². The molecule has 0 aliphatic rings. The molecule has 2 N–H and O–H groups in total. The lowest BCUT2D eigenvalue weighted by Gasteiger charge is -2.08. The van der Waals surface area contributed by atoms with Crippen LogP contribution in [-0.2, 0) is 4.79 Å². The van der Waals surface area contributed by atoms with Crippen molar-refractivity contribution in [3.8, 4) is 0 Å². The normalized spacial score (nSPS) is 12.1. The molecule has 0 saturated carbocycles. The van der Waals surface area contributed by atoms with Crippen molar-refractivity contribution in [2.24, 2.45) is 0 Å². The Bertz CT molecular complexity index is 236. The van der Waals surface area contributed by atoms with Gasteiger partial charge in [0.05, 0.1) is 6.10 Å². The van der Waals surface area contributed by atoms with Gasteiger partial charge in [-0.05, 0) is 5.56 Å². The first-order valence-electron chi connectivity index (χ1n) is 3.74. The fourth-order valence-electron chi connectivity index (χ4n) is 0.953. The van der Waals surface area contributed by atoms with Crippen LogP contribution in [0.4, 0.5) is 0 Å². The van der Waals surface area contributed by atoms with Gasteiger partial charge in [-0.3, -0.25) is 4.79 Å². The minimum Gasteiger partial charge on any atom is -0.387 e. The van der Waals surface area contributed by atoms with Gasteiger partial charge in [-0.15, -0.1) is 0 Å². The average molecular weight is 165 g/mol. The number of benzene rings is 1. The van der Waals surface area contributed by atoms with E-state index in [0.29, 0.717) is 6.41 Å². The summed E-state index contributed by atoms with van der Waals surface area (Å²) in [5.74, 6) is 0. The van der Waals surface area contributed by atoms with E-state index in [4.69, 9.17) is 0 Å². The van der Waals surface area contributed by atoms with E-state index in [1.807, 2.05) is 30.3 Å². The number of nitrogens with one attached hydrogen (secondary N) is 1. The molecule has 0 aliphatic carbocycles. The largest absolute Gasteiger partial charge is 0.387 e. The van der Waals surface area contributed by atoms with Crippen molar-refractivity contribution >= 4 is 6.41 Å². The molecule has 0 aromatic heterocycles. The van der Waals surface area contributed by atoms with Crippen LogP contribution in [0.15, 0.2) is 30.3 Å². The second-order valence-electron chi connectivity index (χ2n) is 2.45. The van der Waals surface area contributed by atoms with Crippen LogP contribution in [0.25, 0.3) is 0 Å². The Balaban J connectivity index is 2.53. The predicted octanol–water partition coefficient (Wildman–Crippen LogP) is 0.466. The SMILES string of the molecule is O=CNC[C@@H](O)c1ccccc1. The van der Waals surface area contributed by atoms with Crippen molar-refractivity contribution in [3.63, 3.8) is 0 Å². The second-order valence-corrected chi connectivity index (χ2v) is 2.45. The number of aliphatic hydroxyl groups is 1. The summed E-state index contributed by atoms with van der Waals surface area (Å²) < 4.78 is 0. The molecule has 0 spiro atoms. The molecule has 0 radical (unpaired) electrons. The van der Waals surface area contributed by atoms with E-state index in [1.54, 1.807) is 0 Å². The number of rotatable bonds is 4. The maximum Gasteiger partial charge on any atom is 0.207 e. The van der Waals surface area contributed by atoms with Crippen molar-refractivity contribution < 1.29 is 9.90 Å². The number of hydrogen-bond donors (Lipinski definition) is 2. The van der Waals surface area contributed by atoms with Crippen molar-refractivity contribution in [3.05, 3.63) is 35.9 Å². The van der Waals surface area contributed by atoms with Gasteiger partial charge in [0.2, 0.25) is 6.41 Å².